The zero-order chi connectivity index (χ0) is 24.7. The maximum atomic E-state index is 13.7. The molecule has 0 aliphatic carbocycles. The third-order valence-corrected chi connectivity index (χ3v) is 6.44. The van der Waals surface area contributed by atoms with Gasteiger partial charge < -0.3 is 5.11 Å². The summed E-state index contributed by atoms with van der Waals surface area (Å²) in [5.41, 5.74) is -3.89. The quantitative estimate of drug-likeness (QED) is 0.315. The molecule has 0 bridgehead atoms. The molecule has 11 nitrogen and oxygen atoms in total. The van der Waals surface area contributed by atoms with Crippen molar-refractivity contribution in [3.05, 3.63) is 32.4 Å². The van der Waals surface area contributed by atoms with Gasteiger partial charge in [-0.25, -0.2) is 8.42 Å². The Labute approximate surface area is 167 Å². The van der Waals surface area contributed by atoms with Crippen LogP contribution in [0.25, 0.3) is 0 Å². The second kappa shape index (κ2) is 7.98. The molecule has 1 atom stereocenters. The first-order valence-corrected chi connectivity index (χ1v) is 9.64. The zero-order valence-corrected chi connectivity index (χ0v) is 15.6. The molecule has 1 rings (SSSR count). The second-order valence-corrected chi connectivity index (χ2v) is 8.66. The van der Waals surface area contributed by atoms with Crippen molar-refractivity contribution < 1.29 is 63.1 Å². The first-order chi connectivity index (χ1) is 13.7. The predicted octanol–water partition coefficient (Wildman–Crippen LogP) is 2.26. The Bertz CT molecular complexity index is 1050. The fourth-order valence-corrected chi connectivity index (χ4v) is 4.28. The molecule has 0 aromatic heterocycles. The number of nitro benzene ring substituents is 2. The lowest BCUT2D eigenvalue weighted by atomic mass is 10.3. The molecule has 0 aliphatic heterocycles. The van der Waals surface area contributed by atoms with Crippen LogP contribution in [0.2, 0.25) is 0 Å². The van der Waals surface area contributed by atoms with Crippen molar-refractivity contribution in [1.29, 1.82) is 0 Å². The van der Waals surface area contributed by atoms with Crippen LogP contribution in [-0.4, -0.2) is 56.7 Å². The van der Waals surface area contributed by atoms with E-state index in [1.165, 1.54) is 0 Å². The number of nitrogens with zero attached hydrogens (tertiary/aromatic N) is 2. The van der Waals surface area contributed by atoms with E-state index in [2.05, 4.69) is 0 Å². The van der Waals surface area contributed by atoms with Crippen LogP contribution in [0.1, 0.15) is 0 Å². The van der Waals surface area contributed by atoms with Gasteiger partial charge in [-0.2, -0.15) is 30.7 Å². The lowest BCUT2D eigenvalue weighted by Gasteiger charge is -2.27. The third kappa shape index (κ3) is 4.43. The average molecular weight is 506 g/mol. The lowest BCUT2D eigenvalue weighted by molar-refractivity contribution is -0.400. The molecule has 0 fully saturated rings. The number of carboxylic acid groups (broad SMARTS) is 1. The van der Waals surface area contributed by atoms with Gasteiger partial charge >= 0.3 is 23.3 Å². The number of nitro groups is 2. The van der Waals surface area contributed by atoms with Crippen molar-refractivity contribution >= 4 is 38.0 Å². The van der Waals surface area contributed by atoms with E-state index in [0.29, 0.717) is 0 Å². The first-order valence-electron chi connectivity index (χ1n) is 6.84. The molecule has 31 heavy (non-hydrogen) atoms. The van der Waals surface area contributed by atoms with E-state index in [1.54, 1.807) is 0 Å². The molecule has 1 unspecified atom stereocenters. The minimum atomic E-state index is -7.23. The van der Waals surface area contributed by atoms with Crippen LogP contribution in [0.3, 0.4) is 0 Å². The second-order valence-electron chi connectivity index (χ2n) is 5.28. The molecule has 0 saturated heterocycles. The molecule has 1 N–H and O–H groups in total. The Hall–Kier alpha value is -2.90. The van der Waals surface area contributed by atoms with Crippen LogP contribution in [0.4, 0.5) is 42.1 Å². The van der Waals surface area contributed by atoms with E-state index < -0.39 is 92.9 Å². The van der Waals surface area contributed by atoms with Crippen molar-refractivity contribution in [1.82, 2.24) is 0 Å². The summed E-state index contributed by atoms with van der Waals surface area (Å²) in [6, 6.07) is -1.14. The van der Waals surface area contributed by atoms with Gasteiger partial charge in [-0.1, -0.05) is 0 Å². The van der Waals surface area contributed by atoms with Crippen LogP contribution >= 0.6 is 0 Å². The van der Waals surface area contributed by atoms with Crippen LogP contribution < -0.4 is 0 Å². The smallest absolute Gasteiger partial charge is 0.461 e. The molecule has 20 heteroatoms. The van der Waals surface area contributed by atoms with Crippen LogP contribution in [-0.2, 0) is 25.4 Å². The average Bonchev–Trinajstić information content (AvgIpc) is 2.58. The van der Waals surface area contributed by atoms with E-state index in [4.69, 9.17) is 5.11 Å². The molecule has 0 radical (unpaired) electrons. The van der Waals surface area contributed by atoms with Crippen LogP contribution in [0, 0.1) is 20.2 Å². The summed E-state index contributed by atoms with van der Waals surface area (Å²) in [6.45, 7) is 0. The van der Waals surface area contributed by atoms with Crippen LogP contribution in [0.5, 0.6) is 0 Å². The number of carbonyl (C=O) groups is 1. The summed E-state index contributed by atoms with van der Waals surface area (Å²) in [5, 5.41) is 23.7. The summed E-state index contributed by atoms with van der Waals surface area (Å²) in [7, 11) is -10.3. The number of hydrogen-bond acceptors (Lipinski definition) is 8. The number of hydrogen-bond donors (Lipinski definition) is 1. The van der Waals surface area contributed by atoms with Gasteiger partial charge in [-0.15, -0.1) is 0 Å². The molecular formula is C11H5F7N2O9S2. The fraction of sp³-hybridized carbons (Fsp3) is 0.364. The van der Waals surface area contributed by atoms with Gasteiger partial charge in [0, 0.05) is 12.1 Å². The highest BCUT2D eigenvalue weighted by molar-refractivity contribution is 7.92. The number of rotatable bonds is 8. The molecule has 0 amide bonds. The fourth-order valence-electron chi connectivity index (χ4n) is 1.90. The Kier molecular flexibility index (Phi) is 6.73. The molecule has 0 spiro atoms. The summed E-state index contributed by atoms with van der Waals surface area (Å²) in [5.74, 6) is -10.7. The van der Waals surface area contributed by atoms with E-state index in [-0.39, 0.29) is 0 Å². The minimum absolute atomic E-state index is 0.572. The number of benzene rings is 1. The molecule has 1 aromatic rings. The standard InChI is InChI=1S/C11H5F7N2O9S2/c12-9(13,10(14,15)16)11(17,18)31(28,29)4-1-5(19(23)24)8(6(2-4)20(25)26)30(27)3-7(21)22/h1-2H,3H2,(H,21,22). The molecular weight excluding hydrogens is 501 g/mol. The summed E-state index contributed by atoms with van der Waals surface area (Å²) >= 11 is 0. The van der Waals surface area contributed by atoms with Gasteiger partial charge in [-0.3, -0.25) is 29.2 Å². The Balaban J connectivity index is 3.99. The van der Waals surface area contributed by atoms with Crippen molar-refractivity contribution in [2.75, 3.05) is 5.75 Å². The SMILES string of the molecule is O=C(O)CS(=O)c1c([N+](=O)[O-])cc(S(=O)(=O)C(F)(F)C(F)(F)C(F)(F)F)cc1[N+](=O)[O-]. The normalized spacial score (nSPS) is 14.2. The van der Waals surface area contributed by atoms with Gasteiger partial charge in [0.25, 0.3) is 21.2 Å². The van der Waals surface area contributed by atoms with E-state index >= 15 is 0 Å². The molecule has 1 aromatic carbocycles. The van der Waals surface area contributed by atoms with Crippen molar-refractivity contribution in [3.8, 4) is 0 Å². The van der Waals surface area contributed by atoms with Crippen molar-refractivity contribution in [2.45, 2.75) is 27.1 Å². The van der Waals surface area contributed by atoms with Gasteiger partial charge in [0.05, 0.1) is 25.5 Å². The number of aliphatic carboxylic acids is 1. The molecule has 0 aliphatic rings. The molecule has 0 heterocycles. The van der Waals surface area contributed by atoms with E-state index in [1.807, 2.05) is 0 Å². The first kappa shape index (κ1) is 26.1. The molecule has 0 saturated carbocycles. The Morgan fingerprint density at radius 1 is 1.00 bits per heavy atom. The predicted molar refractivity (Wildman–Crippen MR) is 81.8 cm³/mol. The minimum Gasteiger partial charge on any atom is -0.481 e. The summed E-state index contributed by atoms with van der Waals surface area (Å²) < 4.78 is 126. The third-order valence-electron chi connectivity index (χ3n) is 3.27. The highest BCUT2D eigenvalue weighted by atomic mass is 32.2. The topological polar surface area (TPSA) is 175 Å². The van der Waals surface area contributed by atoms with Crippen LogP contribution in [0.15, 0.2) is 21.9 Å². The monoisotopic (exact) mass is 506 g/mol. The highest BCUT2D eigenvalue weighted by Gasteiger charge is 2.78. The van der Waals surface area contributed by atoms with E-state index in [0.717, 1.165) is 0 Å². The molecule has 174 valence electrons. The Morgan fingerprint density at radius 3 is 1.68 bits per heavy atom. The van der Waals surface area contributed by atoms with Crippen molar-refractivity contribution in [3.63, 3.8) is 0 Å². The van der Waals surface area contributed by atoms with Gasteiger partial charge in [0.2, 0.25) is 0 Å². The highest BCUT2D eigenvalue weighted by Crippen LogP contribution is 2.51. The summed E-state index contributed by atoms with van der Waals surface area (Å²) in [6.07, 6.45) is -7.12. The lowest BCUT2D eigenvalue weighted by Crippen LogP contribution is -2.55. The number of carboxylic acids is 1. The van der Waals surface area contributed by atoms with Crippen molar-refractivity contribution in [2.24, 2.45) is 0 Å². The largest absolute Gasteiger partial charge is 0.481 e. The number of alkyl halides is 7. The number of sulfone groups is 1. The number of halogens is 7. The van der Waals surface area contributed by atoms with Gasteiger partial charge in [0.15, 0.2) is 4.90 Å². The zero-order valence-electron chi connectivity index (χ0n) is 13.9. The van der Waals surface area contributed by atoms with Gasteiger partial charge in [0.1, 0.15) is 5.75 Å². The van der Waals surface area contributed by atoms with Gasteiger partial charge in [-0.05, 0) is 0 Å². The van der Waals surface area contributed by atoms with E-state index in [9.17, 15) is 68.4 Å². The maximum Gasteiger partial charge on any atom is 0.461 e. The summed E-state index contributed by atoms with van der Waals surface area (Å²) in [4.78, 5) is 25.2. The Morgan fingerprint density at radius 2 is 1.39 bits per heavy atom. The maximum absolute atomic E-state index is 13.7.